The first-order chi connectivity index (χ1) is 8.87. The minimum atomic E-state index is -3.15. The Labute approximate surface area is 114 Å². The molecule has 19 heavy (non-hydrogen) atoms. The van der Waals surface area contributed by atoms with Gasteiger partial charge in [-0.1, -0.05) is 0 Å². The van der Waals surface area contributed by atoms with Crippen molar-refractivity contribution in [3.05, 3.63) is 29.3 Å². The van der Waals surface area contributed by atoms with Gasteiger partial charge in [-0.05, 0) is 37.6 Å². The highest BCUT2D eigenvalue weighted by molar-refractivity contribution is 7.88. The zero-order valence-electron chi connectivity index (χ0n) is 11.5. The lowest BCUT2D eigenvalue weighted by Crippen LogP contribution is -2.34. The van der Waals surface area contributed by atoms with Crippen LogP contribution in [0, 0.1) is 6.92 Å². The molecule has 0 bridgehead atoms. The fourth-order valence-electron chi connectivity index (χ4n) is 1.82. The summed E-state index contributed by atoms with van der Waals surface area (Å²) in [6.07, 6.45) is 1.98. The molecule has 106 valence electrons. The molecule has 0 aliphatic rings. The number of aryl methyl sites for hydroxylation is 1. The average Bonchev–Trinajstić information content (AvgIpc) is 2.33. The van der Waals surface area contributed by atoms with Crippen LogP contribution in [0.25, 0.3) is 0 Å². The molecule has 5 nitrogen and oxygen atoms in total. The van der Waals surface area contributed by atoms with E-state index < -0.39 is 10.0 Å². The highest BCUT2D eigenvalue weighted by Crippen LogP contribution is 2.17. The third-order valence-electron chi connectivity index (χ3n) is 2.87. The standard InChI is InChI=1S/C13H20N2O3S/c1-4-15(8-7-14-19(3,17)18)13-6-5-12(10-16)11(2)9-13/h5-6,9-10,14H,4,7-8H2,1-3H3. The minimum absolute atomic E-state index is 0.362. The van der Waals surface area contributed by atoms with Crippen molar-refractivity contribution < 1.29 is 13.2 Å². The summed E-state index contributed by atoms with van der Waals surface area (Å²) in [4.78, 5) is 12.8. The quantitative estimate of drug-likeness (QED) is 0.764. The van der Waals surface area contributed by atoms with Crippen LogP contribution in [0.4, 0.5) is 5.69 Å². The number of sulfonamides is 1. The lowest BCUT2D eigenvalue weighted by Gasteiger charge is -2.23. The van der Waals surface area contributed by atoms with Gasteiger partial charge in [0.2, 0.25) is 10.0 Å². The van der Waals surface area contributed by atoms with E-state index in [4.69, 9.17) is 0 Å². The summed E-state index contributed by atoms with van der Waals surface area (Å²) in [5.41, 5.74) is 2.58. The van der Waals surface area contributed by atoms with E-state index in [2.05, 4.69) is 9.62 Å². The monoisotopic (exact) mass is 284 g/mol. The Morgan fingerprint density at radius 3 is 2.53 bits per heavy atom. The molecular weight excluding hydrogens is 264 g/mol. The highest BCUT2D eigenvalue weighted by Gasteiger charge is 2.07. The molecule has 0 aliphatic carbocycles. The largest absolute Gasteiger partial charge is 0.370 e. The second kappa shape index (κ2) is 6.68. The molecule has 0 fully saturated rings. The van der Waals surface area contributed by atoms with Crippen molar-refractivity contribution in [1.29, 1.82) is 0 Å². The summed E-state index contributed by atoms with van der Waals surface area (Å²) < 4.78 is 24.5. The van der Waals surface area contributed by atoms with E-state index in [1.54, 1.807) is 6.07 Å². The van der Waals surface area contributed by atoms with Gasteiger partial charge in [-0.15, -0.1) is 0 Å². The Hall–Kier alpha value is -1.40. The third-order valence-corrected chi connectivity index (χ3v) is 3.60. The molecule has 0 atom stereocenters. The van der Waals surface area contributed by atoms with Crippen LogP contribution >= 0.6 is 0 Å². The molecule has 1 aromatic carbocycles. The summed E-state index contributed by atoms with van der Waals surface area (Å²) in [5.74, 6) is 0. The molecule has 0 spiro atoms. The maximum atomic E-state index is 11.0. The number of carbonyl (C=O) groups excluding carboxylic acids is 1. The normalized spacial score (nSPS) is 11.3. The fraction of sp³-hybridized carbons (Fsp3) is 0.462. The average molecular weight is 284 g/mol. The Balaban J connectivity index is 2.74. The zero-order valence-corrected chi connectivity index (χ0v) is 12.3. The number of aldehydes is 1. The molecule has 6 heteroatoms. The fourth-order valence-corrected chi connectivity index (χ4v) is 2.29. The van der Waals surface area contributed by atoms with Gasteiger partial charge >= 0.3 is 0 Å². The van der Waals surface area contributed by atoms with E-state index >= 15 is 0 Å². The first-order valence-electron chi connectivity index (χ1n) is 6.12. The van der Waals surface area contributed by atoms with Crippen molar-refractivity contribution in [1.82, 2.24) is 4.72 Å². The Morgan fingerprint density at radius 1 is 1.37 bits per heavy atom. The van der Waals surface area contributed by atoms with Gasteiger partial charge in [-0.3, -0.25) is 4.79 Å². The van der Waals surface area contributed by atoms with Crippen LogP contribution in [0.15, 0.2) is 18.2 Å². The third kappa shape index (κ3) is 5.00. The number of hydrogen-bond acceptors (Lipinski definition) is 4. The summed E-state index contributed by atoms with van der Waals surface area (Å²) in [6.45, 7) is 5.61. The topological polar surface area (TPSA) is 66.5 Å². The zero-order chi connectivity index (χ0) is 14.5. The number of benzene rings is 1. The van der Waals surface area contributed by atoms with Gasteiger partial charge in [0.05, 0.1) is 6.26 Å². The molecule has 0 radical (unpaired) electrons. The van der Waals surface area contributed by atoms with Crippen molar-refractivity contribution in [3.63, 3.8) is 0 Å². The number of nitrogens with zero attached hydrogens (tertiary/aromatic N) is 1. The molecule has 1 N–H and O–H groups in total. The van der Waals surface area contributed by atoms with Crippen LogP contribution < -0.4 is 9.62 Å². The number of hydrogen-bond donors (Lipinski definition) is 1. The molecule has 0 heterocycles. The molecule has 0 amide bonds. The van der Waals surface area contributed by atoms with Crippen LogP contribution in [0.5, 0.6) is 0 Å². The van der Waals surface area contributed by atoms with Gasteiger partial charge in [0.15, 0.2) is 0 Å². The first kappa shape index (κ1) is 15.7. The number of rotatable bonds is 7. The van der Waals surface area contributed by atoms with E-state index in [1.165, 1.54) is 0 Å². The van der Waals surface area contributed by atoms with Crippen molar-refractivity contribution in [2.45, 2.75) is 13.8 Å². The minimum Gasteiger partial charge on any atom is -0.370 e. The van der Waals surface area contributed by atoms with E-state index in [9.17, 15) is 13.2 Å². The van der Waals surface area contributed by atoms with Crippen LogP contribution in [0.3, 0.4) is 0 Å². The Bertz CT molecular complexity index is 541. The number of carbonyl (C=O) groups is 1. The van der Waals surface area contributed by atoms with Crippen molar-refractivity contribution in [3.8, 4) is 0 Å². The van der Waals surface area contributed by atoms with Gasteiger partial charge in [-0.25, -0.2) is 13.1 Å². The van der Waals surface area contributed by atoms with Gasteiger partial charge < -0.3 is 4.90 Å². The van der Waals surface area contributed by atoms with Crippen molar-refractivity contribution in [2.75, 3.05) is 30.8 Å². The van der Waals surface area contributed by atoms with Gasteiger partial charge in [0, 0.05) is 30.9 Å². The molecule has 0 aromatic heterocycles. The lowest BCUT2D eigenvalue weighted by atomic mass is 10.1. The van der Waals surface area contributed by atoms with Crippen molar-refractivity contribution in [2.24, 2.45) is 0 Å². The second-order valence-corrected chi connectivity index (χ2v) is 6.24. The molecule has 0 unspecified atom stereocenters. The van der Waals surface area contributed by atoms with E-state index in [1.807, 2.05) is 26.0 Å². The summed E-state index contributed by atoms with van der Waals surface area (Å²) in [7, 11) is -3.15. The van der Waals surface area contributed by atoms with E-state index in [0.29, 0.717) is 18.7 Å². The van der Waals surface area contributed by atoms with Crippen LogP contribution in [-0.4, -0.2) is 40.6 Å². The van der Waals surface area contributed by atoms with Gasteiger partial charge in [-0.2, -0.15) is 0 Å². The molecule has 0 aliphatic heterocycles. The second-order valence-electron chi connectivity index (χ2n) is 4.40. The molecule has 1 aromatic rings. The predicted octanol–water partition coefficient (Wildman–Crippen LogP) is 1.18. The van der Waals surface area contributed by atoms with Gasteiger partial charge in [0.25, 0.3) is 0 Å². The Morgan fingerprint density at radius 2 is 2.05 bits per heavy atom. The van der Waals surface area contributed by atoms with Crippen molar-refractivity contribution >= 4 is 22.0 Å². The van der Waals surface area contributed by atoms with Gasteiger partial charge in [0.1, 0.15) is 6.29 Å². The Kier molecular flexibility index (Phi) is 5.50. The SMILES string of the molecule is CCN(CCNS(C)(=O)=O)c1ccc(C=O)c(C)c1. The van der Waals surface area contributed by atoms with Crippen LogP contribution in [0.2, 0.25) is 0 Å². The smallest absolute Gasteiger partial charge is 0.208 e. The first-order valence-corrected chi connectivity index (χ1v) is 8.02. The summed E-state index contributed by atoms with van der Waals surface area (Å²) in [6, 6.07) is 5.60. The number of anilines is 1. The molecule has 1 rings (SSSR count). The summed E-state index contributed by atoms with van der Waals surface area (Å²) in [5, 5.41) is 0. The predicted molar refractivity (Wildman–Crippen MR) is 77.3 cm³/mol. The number of likely N-dealkylation sites (N-methyl/N-ethyl adjacent to an activating group) is 1. The highest BCUT2D eigenvalue weighted by atomic mass is 32.2. The summed E-state index contributed by atoms with van der Waals surface area (Å²) >= 11 is 0. The molecule has 0 saturated carbocycles. The van der Waals surface area contributed by atoms with Crippen LogP contribution in [0.1, 0.15) is 22.8 Å². The number of nitrogens with one attached hydrogen (secondary N) is 1. The molecular formula is C13H20N2O3S. The van der Waals surface area contributed by atoms with E-state index in [-0.39, 0.29) is 0 Å². The maximum Gasteiger partial charge on any atom is 0.208 e. The molecule has 0 saturated heterocycles. The van der Waals surface area contributed by atoms with Crippen LogP contribution in [-0.2, 0) is 10.0 Å². The lowest BCUT2D eigenvalue weighted by molar-refractivity contribution is 0.112. The van der Waals surface area contributed by atoms with E-state index in [0.717, 1.165) is 30.3 Å². The maximum absolute atomic E-state index is 11.0.